The minimum atomic E-state index is -0.717. The highest BCUT2D eigenvalue weighted by Gasteiger charge is 2.27. The monoisotopic (exact) mass is 456 g/mol. The van der Waals surface area contributed by atoms with Crippen molar-refractivity contribution in [3.05, 3.63) is 63.1 Å². The lowest BCUT2D eigenvalue weighted by atomic mass is 10.1. The van der Waals surface area contributed by atoms with E-state index in [-0.39, 0.29) is 31.0 Å². The van der Waals surface area contributed by atoms with Crippen LogP contribution in [0, 0.1) is 0 Å². The quantitative estimate of drug-likeness (QED) is 0.609. The highest BCUT2D eigenvalue weighted by atomic mass is 35.5. The maximum absolute atomic E-state index is 13.0. The lowest BCUT2D eigenvalue weighted by Crippen LogP contribution is -2.50. The number of ether oxygens (including phenoxy) is 1. The Labute approximate surface area is 185 Å². The first-order valence-corrected chi connectivity index (χ1v) is 10.2. The van der Waals surface area contributed by atoms with Gasteiger partial charge in [-0.3, -0.25) is 9.59 Å². The number of benzene rings is 2. The first kappa shape index (κ1) is 23.3. The Morgan fingerprint density at radius 2 is 1.72 bits per heavy atom. The average Bonchev–Trinajstić information content (AvgIpc) is 2.65. The Bertz CT molecular complexity index is 874. The lowest BCUT2D eigenvalue weighted by Gasteiger charge is -2.29. The van der Waals surface area contributed by atoms with Crippen molar-refractivity contribution in [3.63, 3.8) is 0 Å². The summed E-state index contributed by atoms with van der Waals surface area (Å²) in [6.07, 6.45) is 0. The molecule has 0 aliphatic heterocycles. The largest absolute Gasteiger partial charge is 0.482 e. The molecule has 2 aromatic carbocycles. The summed E-state index contributed by atoms with van der Waals surface area (Å²) in [5.74, 6) is -0.298. The zero-order chi connectivity index (χ0) is 21.6. The van der Waals surface area contributed by atoms with Gasteiger partial charge in [-0.25, -0.2) is 0 Å². The molecule has 1 atom stereocenters. The highest BCUT2D eigenvalue weighted by molar-refractivity contribution is 6.35. The Morgan fingerprint density at radius 1 is 1.03 bits per heavy atom. The van der Waals surface area contributed by atoms with E-state index in [1.165, 1.54) is 11.0 Å². The van der Waals surface area contributed by atoms with Gasteiger partial charge in [0.15, 0.2) is 6.61 Å². The lowest BCUT2D eigenvalue weighted by molar-refractivity contribution is -0.142. The molecular formula is C21H23Cl3N2O3. The molecule has 0 bridgehead atoms. The molecule has 2 aromatic rings. The van der Waals surface area contributed by atoms with Crippen LogP contribution in [0.4, 0.5) is 0 Å². The second-order valence-electron chi connectivity index (χ2n) is 6.82. The second-order valence-corrected chi connectivity index (χ2v) is 8.07. The Balaban J connectivity index is 2.19. The number of rotatable bonds is 8. The summed E-state index contributed by atoms with van der Waals surface area (Å²) in [7, 11) is 0. The van der Waals surface area contributed by atoms with Crippen molar-refractivity contribution in [1.29, 1.82) is 0 Å². The van der Waals surface area contributed by atoms with E-state index in [0.29, 0.717) is 20.8 Å². The number of hydrogen-bond acceptors (Lipinski definition) is 3. The molecule has 0 radical (unpaired) electrons. The van der Waals surface area contributed by atoms with Gasteiger partial charge in [0.25, 0.3) is 5.91 Å². The minimum absolute atomic E-state index is 0.0497. The van der Waals surface area contributed by atoms with Crippen LogP contribution in [0.1, 0.15) is 26.3 Å². The standard InChI is InChI=1S/C21H23Cl3N2O3/c1-13(2)25-21(28)14(3)26(11-15-6-4-5-7-17(15)23)20(27)12-29-19-9-8-16(22)10-18(19)24/h4-10,13-14H,11-12H2,1-3H3,(H,25,28)/t14-/m0/s1. The highest BCUT2D eigenvalue weighted by Crippen LogP contribution is 2.27. The van der Waals surface area contributed by atoms with E-state index in [4.69, 9.17) is 39.5 Å². The van der Waals surface area contributed by atoms with Crippen LogP contribution in [0.25, 0.3) is 0 Å². The van der Waals surface area contributed by atoms with Gasteiger partial charge in [-0.15, -0.1) is 0 Å². The first-order chi connectivity index (χ1) is 13.7. The number of amides is 2. The number of nitrogens with one attached hydrogen (secondary N) is 1. The van der Waals surface area contributed by atoms with E-state index < -0.39 is 6.04 Å². The molecule has 0 saturated carbocycles. The van der Waals surface area contributed by atoms with Gasteiger partial charge in [-0.1, -0.05) is 53.0 Å². The van der Waals surface area contributed by atoms with Gasteiger partial charge in [0.2, 0.25) is 5.91 Å². The van der Waals surface area contributed by atoms with Gasteiger partial charge in [0.05, 0.1) is 5.02 Å². The SMILES string of the molecule is CC(C)NC(=O)[C@H](C)N(Cc1ccccc1Cl)C(=O)COc1ccc(Cl)cc1Cl. The van der Waals surface area contributed by atoms with Crippen molar-refractivity contribution < 1.29 is 14.3 Å². The van der Waals surface area contributed by atoms with Gasteiger partial charge in [-0.05, 0) is 50.6 Å². The molecule has 0 unspecified atom stereocenters. The van der Waals surface area contributed by atoms with Crippen LogP contribution >= 0.6 is 34.8 Å². The summed E-state index contributed by atoms with van der Waals surface area (Å²) >= 11 is 18.2. The van der Waals surface area contributed by atoms with Crippen molar-refractivity contribution in [2.75, 3.05) is 6.61 Å². The number of halogens is 3. The molecule has 8 heteroatoms. The summed E-state index contributed by atoms with van der Waals surface area (Å²) < 4.78 is 5.57. The number of hydrogen-bond donors (Lipinski definition) is 1. The molecule has 5 nitrogen and oxygen atoms in total. The van der Waals surface area contributed by atoms with Crippen LogP contribution in [0.15, 0.2) is 42.5 Å². The molecule has 2 rings (SSSR count). The van der Waals surface area contributed by atoms with Gasteiger partial charge in [0.1, 0.15) is 11.8 Å². The Hall–Kier alpha value is -1.95. The van der Waals surface area contributed by atoms with Crippen molar-refractivity contribution in [1.82, 2.24) is 10.2 Å². The van der Waals surface area contributed by atoms with E-state index in [9.17, 15) is 9.59 Å². The van der Waals surface area contributed by atoms with E-state index in [1.807, 2.05) is 26.0 Å². The molecule has 1 N–H and O–H groups in total. The van der Waals surface area contributed by atoms with Crippen LogP contribution in [-0.4, -0.2) is 35.4 Å². The summed E-state index contributed by atoms with van der Waals surface area (Å²) in [6.45, 7) is 5.27. The molecule has 0 aliphatic rings. The smallest absolute Gasteiger partial charge is 0.261 e. The van der Waals surface area contributed by atoms with Gasteiger partial charge < -0.3 is 15.0 Å². The third-order valence-corrected chi connectivity index (χ3v) is 5.04. The zero-order valence-corrected chi connectivity index (χ0v) is 18.7. The molecule has 2 amide bonds. The molecule has 0 aromatic heterocycles. The fourth-order valence-corrected chi connectivity index (χ4v) is 3.27. The molecule has 0 fully saturated rings. The van der Waals surface area contributed by atoms with Crippen molar-refractivity contribution in [2.45, 2.75) is 39.4 Å². The van der Waals surface area contributed by atoms with Crippen molar-refractivity contribution in [2.24, 2.45) is 0 Å². The average molecular weight is 458 g/mol. The van der Waals surface area contributed by atoms with Crippen molar-refractivity contribution >= 4 is 46.6 Å². The third-order valence-electron chi connectivity index (χ3n) is 4.14. The number of carbonyl (C=O) groups excluding carboxylic acids is 2. The minimum Gasteiger partial charge on any atom is -0.482 e. The second kappa shape index (κ2) is 10.7. The van der Waals surface area contributed by atoms with E-state index in [1.54, 1.807) is 31.2 Å². The molecule has 29 heavy (non-hydrogen) atoms. The molecule has 0 saturated heterocycles. The fourth-order valence-electron chi connectivity index (χ4n) is 2.61. The zero-order valence-electron chi connectivity index (χ0n) is 16.4. The summed E-state index contributed by atoms with van der Waals surface area (Å²) in [4.78, 5) is 26.9. The van der Waals surface area contributed by atoms with Crippen LogP contribution < -0.4 is 10.1 Å². The van der Waals surface area contributed by atoms with Crippen molar-refractivity contribution in [3.8, 4) is 5.75 Å². The van der Waals surface area contributed by atoms with Gasteiger partial charge >= 0.3 is 0 Å². The van der Waals surface area contributed by atoms with E-state index in [0.717, 1.165) is 5.56 Å². The van der Waals surface area contributed by atoms with Crippen LogP contribution in [0.2, 0.25) is 15.1 Å². The Kier molecular flexibility index (Phi) is 8.62. The maximum atomic E-state index is 13.0. The third kappa shape index (κ3) is 6.81. The molecule has 156 valence electrons. The topological polar surface area (TPSA) is 58.6 Å². The first-order valence-electron chi connectivity index (χ1n) is 9.10. The fraction of sp³-hybridized carbons (Fsp3) is 0.333. The van der Waals surface area contributed by atoms with Crippen LogP contribution in [0.3, 0.4) is 0 Å². The normalized spacial score (nSPS) is 11.8. The van der Waals surface area contributed by atoms with Gasteiger partial charge in [0, 0.05) is 22.6 Å². The molecule has 0 aliphatic carbocycles. The molecule has 0 spiro atoms. The predicted molar refractivity (Wildman–Crippen MR) is 117 cm³/mol. The van der Waals surface area contributed by atoms with E-state index >= 15 is 0 Å². The number of nitrogens with zero attached hydrogens (tertiary/aromatic N) is 1. The predicted octanol–water partition coefficient (Wildman–Crippen LogP) is 4.97. The van der Waals surface area contributed by atoms with Crippen LogP contribution in [-0.2, 0) is 16.1 Å². The summed E-state index contributed by atoms with van der Waals surface area (Å²) in [5.41, 5.74) is 0.733. The summed E-state index contributed by atoms with van der Waals surface area (Å²) in [6, 6.07) is 11.2. The van der Waals surface area contributed by atoms with Gasteiger partial charge in [-0.2, -0.15) is 0 Å². The van der Waals surface area contributed by atoms with Crippen LogP contribution in [0.5, 0.6) is 5.75 Å². The summed E-state index contributed by atoms with van der Waals surface area (Å²) in [5, 5.41) is 4.11. The molecule has 0 heterocycles. The maximum Gasteiger partial charge on any atom is 0.261 e. The van der Waals surface area contributed by atoms with E-state index in [2.05, 4.69) is 5.32 Å². The number of carbonyl (C=O) groups is 2. The Morgan fingerprint density at radius 3 is 2.34 bits per heavy atom. The molecular weight excluding hydrogens is 435 g/mol.